The van der Waals surface area contributed by atoms with Crippen molar-refractivity contribution in [2.24, 2.45) is 0 Å². The number of benzene rings is 2. The zero-order valence-electron chi connectivity index (χ0n) is 23.6. The van der Waals surface area contributed by atoms with Crippen molar-refractivity contribution < 1.29 is 19.4 Å². The van der Waals surface area contributed by atoms with Gasteiger partial charge in [-0.15, -0.1) is 0 Å². The van der Waals surface area contributed by atoms with Crippen LogP contribution in [-0.4, -0.2) is 75.4 Å². The highest BCUT2D eigenvalue weighted by Gasteiger charge is 2.27. The maximum atomic E-state index is 12.8. The second-order valence-corrected chi connectivity index (χ2v) is 11.2. The number of aromatic amines is 1. The van der Waals surface area contributed by atoms with E-state index in [-0.39, 0.29) is 42.2 Å². The molecule has 220 valence electrons. The number of hydrogen-bond acceptors (Lipinski definition) is 10. The lowest BCUT2D eigenvalue weighted by Crippen LogP contribution is -2.51. The SMILES string of the molecule is CC(C)(C)OC(=O)N1CCN(CC(=O)Nc2n[nH]c3ccc(Nc4c(NCc5cccc(O)c5)c(=O)c4=O)cc23)CC1. The van der Waals surface area contributed by atoms with Crippen molar-refractivity contribution >= 4 is 45.8 Å². The topological polar surface area (TPSA) is 169 Å². The summed E-state index contributed by atoms with van der Waals surface area (Å²) in [5, 5.41) is 26.2. The van der Waals surface area contributed by atoms with Crippen LogP contribution in [0.25, 0.3) is 10.9 Å². The Labute approximate surface area is 241 Å². The fourth-order valence-corrected chi connectivity index (χ4v) is 4.66. The molecule has 4 aromatic rings. The van der Waals surface area contributed by atoms with Crippen molar-refractivity contribution in [1.29, 1.82) is 0 Å². The Morgan fingerprint density at radius 1 is 1.02 bits per heavy atom. The molecule has 1 aliphatic heterocycles. The van der Waals surface area contributed by atoms with E-state index in [1.807, 2.05) is 25.7 Å². The summed E-state index contributed by atoms with van der Waals surface area (Å²) in [6.07, 6.45) is -0.359. The maximum Gasteiger partial charge on any atom is 0.410 e. The Hall–Kier alpha value is -4.91. The van der Waals surface area contributed by atoms with Crippen LogP contribution < -0.4 is 26.8 Å². The van der Waals surface area contributed by atoms with E-state index in [0.717, 1.165) is 5.56 Å². The number of H-pyrrole nitrogens is 1. The first-order valence-corrected chi connectivity index (χ1v) is 13.6. The van der Waals surface area contributed by atoms with Gasteiger partial charge in [0.2, 0.25) is 5.91 Å². The lowest BCUT2D eigenvalue weighted by atomic mass is 10.1. The van der Waals surface area contributed by atoms with E-state index in [4.69, 9.17) is 4.74 Å². The average molecular weight is 576 g/mol. The largest absolute Gasteiger partial charge is 0.508 e. The zero-order chi connectivity index (χ0) is 30.0. The fourth-order valence-electron chi connectivity index (χ4n) is 4.66. The molecule has 0 radical (unpaired) electrons. The predicted molar refractivity (Wildman–Crippen MR) is 159 cm³/mol. The Morgan fingerprint density at radius 3 is 2.48 bits per heavy atom. The van der Waals surface area contributed by atoms with E-state index in [9.17, 15) is 24.3 Å². The zero-order valence-corrected chi connectivity index (χ0v) is 23.6. The number of aromatic nitrogens is 2. The molecule has 1 aromatic heterocycles. The molecule has 13 nitrogen and oxygen atoms in total. The van der Waals surface area contributed by atoms with Gasteiger partial charge in [0.1, 0.15) is 22.7 Å². The van der Waals surface area contributed by atoms with Crippen LogP contribution in [0.1, 0.15) is 26.3 Å². The number of anilines is 4. The highest BCUT2D eigenvalue weighted by molar-refractivity contribution is 6.01. The number of phenolic OH excluding ortho intramolecular Hbond substituents is 1. The fraction of sp³-hybridized carbons (Fsp3) is 0.345. The number of amides is 2. The van der Waals surface area contributed by atoms with Crippen LogP contribution >= 0.6 is 0 Å². The van der Waals surface area contributed by atoms with Gasteiger partial charge in [-0.3, -0.25) is 24.4 Å². The second kappa shape index (κ2) is 11.5. The van der Waals surface area contributed by atoms with Crippen LogP contribution in [0.5, 0.6) is 5.75 Å². The molecule has 0 unspecified atom stereocenters. The number of rotatable bonds is 8. The lowest BCUT2D eigenvalue weighted by Gasteiger charge is -2.35. The summed E-state index contributed by atoms with van der Waals surface area (Å²) >= 11 is 0. The summed E-state index contributed by atoms with van der Waals surface area (Å²) in [6.45, 7) is 7.84. The average Bonchev–Trinajstić information content (AvgIpc) is 3.33. The van der Waals surface area contributed by atoms with E-state index < -0.39 is 16.5 Å². The summed E-state index contributed by atoms with van der Waals surface area (Å²) in [4.78, 5) is 53.2. The molecule has 42 heavy (non-hydrogen) atoms. The molecule has 0 atom stereocenters. The van der Waals surface area contributed by atoms with Gasteiger partial charge in [0.15, 0.2) is 5.82 Å². The van der Waals surface area contributed by atoms with Crippen LogP contribution in [-0.2, 0) is 16.1 Å². The Kier molecular flexibility index (Phi) is 7.85. The van der Waals surface area contributed by atoms with Crippen LogP contribution in [0.2, 0.25) is 0 Å². The molecule has 2 heterocycles. The number of aromatic hydroxyl groups is 1. The van der Waals surface area contributed by atoms with Gasteiger partial charge in [0, 0.05) is 43.8 Å². The van der Waals surface area contributed by atoms with Crippen LogP contribution in [0.15, 0.2) is 52.1 Å². The molecule has 2 amide bonds. The van der Waals surface area contributed by atoms with Gasteiger partial charge in [-0.05, 0) is 56.7 Å². The highest BCUT2D eigenvalue weighted by atomic mass is 16.6. The van der Waals surface area contributed by atoms with Crippen molar-refractivity contribution in [3.8, 4) is 5.75 Å². The minimum atomic E-state index is -0.638. The minimum Gasteiger partial charge on any atom is -0.508 e. The first kappa shape index (κ1) is 28.6. The van der Waals surface area contributed by atoms with Gasteiger partial charge in [0.25, 0.3) is 10.9 Å². The number of phenols is 1. The van der Waals surface area contributed by atoms with Gasteiger partial charge in [-0.2, -0.15) is 5.10 Å². The third-order valence-electron chi connectivity index (χ3n) is 6.77. The number of carbonyl (C=O) groups is 2. The van der Waals surface area contributed by atoms with Gasteiger partial charge in [0.05, 0.1) is 12.1 Å². The van der Waals surface area contributed by atoms with Gasteiger partial charge in [-0.25, -0.2) is 4.79 Å². The molecule has 1 aliphatic rings. The highest BCUT2D eigenvalue weighted by Crippen LogP contribution is 2.28. The second-order valence-electron chi connectivity index (χ2n) is 11.2. The lowest BCUT2D eigenvalue weighted by molar-refractivity contribution is -0.117. The molecule has 5 N–H and O–H groups in total. The van der Waals surface area contributed by atoms with Crippen LogP contribution in [0.4, 0.5) is 27.7 Å². The monoisotopic (exact) mass is 575 g/mol. The molecule has 0 bridgehead atoms. The first-order chi connectivity index (χ1) is 20.0. The smallest absolute Gasteiger partial charge is 0.410 e. The van der Waals surface area contributed by atoms with Crippen molar-refractivity contribution in [3.05, 3.63) is 68.5 Å². The minimum absolute atomic E-state index is 0.106. The number of nitrogens with one attached hydrogen (secondary N) is 4. The van der Waals surface area contributed by atoms with E-state index in [1.165, 1.54) is 0 Å². The number of nitrogens with zero attached hydrogens (tertiary/aromatic N) is 3. The molecular weight excluding hydrogens is 542 g/mol. The summed E-state index contributed by atoms with van der Waals surface area (Å²) < 4.78 is 5.42. The summed E-state index contributed by atoms with van der Waals surface area (Å²) in [5.74, 6) is 0.182. The van der Waals surface area contributed by atoms with Crippen molar-refractivity contribution in [3.63, 3.8) is 0 Å². The number of hydrogen-bond donors (Lipinski definition) is 5. The number of fused-ring (bicyclic) bond motifs is 1. The van der Waals surface area contributed by atoms with Crippen molar-refractivity contribution in [2.75, 3.05) is 48.7 Å². The van der Waals surface area contributed by atoms with Gasteiger partial charge in [-0.1, -0.05) is 12.1 Å². The van der Waals surface area contributed by atoms with Crippen molar-refractivity contribution in [2.45, 2.75) is 32.9 Å². The Bertz CT molecular complexity index is 1690. The predicted octanol–water partition coefficient (Wildman–Crippen LogP) is 2.71. The van der Waals surface area contributed by atoms with E-state index in [2.05, 4.69) is 26.1 Å². The molecule has 5 rings (SSSR count). The third-order valence-corrected chi connectivity index (χ3v) is 6.77. The number of piperazine rings is 1. The first-order valence-electron chi connectivity index (χ1n) is 13.6. The Morgan fingerprint density at radius 2 is 1.76 bits per heavy atom. The molecule has 0 saturated carbocycles. The third kappa shape index (κ3) is 6.52. The summed E-state index contributed by atoms with van der Waals surface area (Å²) in [7, 11) is 0. The summed E-state index contributed by atoms with van der Waals surface area (Å²) in [6, 6.07) is 11.8. The molecule has 0 spiro atoms. The molecular formula is C29H33N7O6. The maximum absolute atomic E-state index is 12.8. The number of carbonyl (C=O) groups excluding carboxylic acids is 2. The number of ether oxygens (including phenoxy) is 1. The van der Waals surface area contributed by atoms with Gasteiger partial charge >= 0.3 is 6.09 Å². The molecule has 1 saturated heterocycles. The molecule has 13 heteroatoms. The normalized spacial score (nSPS) is 14.2. The van der Waals surface area contributed by atoms with Gasteiger partial charge < -0.3 is 30.7 Å². The quantitative estimate of drug-likeness (QED) is 0.197. The van der Waals surface area contributed by atoms with Crippen LogP contribution in [0, 0.1) is 0 Å². The molecule has 1 fully saturated rings. The van der Waals surface area contributed by atoms with Crippen molar-refractivity contribution in [1.82, 2.24) is 20.0 Å². The van der Waals surface area contributed by atoms with E-state index in [0.29, 0.717) is 48.6 Å². The van der Waals surface area contributed by atoms with E-state index in [1.54, 1.807) is 47.4 Å². The molecule has 0 aliphatic carbocycles. The Balaban J connectivity index is 1.19. The molecule has 3 aromatic carbocycles. The summed E-state index contributed by atoms with van der Waals surface area (Å²) in [5.41, 5.74) is 0.432. The van der Waals surface area contributed by atoms with E-state index >= 15 is 0 Å². The standard InChI is InChI=1S/C29H33N7O6/c1-29(2,3)42-28(41)36-11-9-35(10-12-36)16-22(38)32-27-20-14-18(7-8-21(20)33-34-27)31-24-23(25(39)26(24)40)30-15-17-5-4-6-19(37)13-17/h4-8,13-14,30-31,37H,9-12,15-16H2,1-3H3,(H2,32,33,34,38). The van der Waals surface area contributed by atoms with Crippen LogP contribution in [0.3, 0.4) is 0 Å².